The molecule has 1 aromatic carbocycles. The van der Waals surface area contributed by atoms with Gasteiger partial charge in [0.2, 0.25) is 0 Å². The summed E-state index contributed by atoms with van der Waals surface area (Å²) in [4.78, 5) is 2.61. The van der Waals surface area contributed by atoms with E-state index in [0.717, 1.165) is 0 Å². The Kier molecular flexibility index (Phi) is 3.88. The monoisotopic (exact) mass is 259 g/mol. The van der Waals surface area contributed by atoms with Gasteiger partial charge in [-0.25, -0.2) is 0 Å². The Bertz CT molecular complexity index is 503. The van der Waals surface area contributed by atoms with E-state index in [9.17, 15) is 0 Å². The van der Waals surface area contributed by atoms with Gasteiger partial charge in [-0.2, -0.15) is 0 Å². The molecule has 0 amide bonds. The van der Waals surface area contributed by atoms with Crippen LogP contribution in [0.1, 0.15) is 52.3 Å². The zero-order chi connectivity index (χ0) is 13.3. The van der Waals surface area contributed by atoms with Gasteiger partial charge in [-0.3, -0.25) is 0 Å². The van der Waals surface area contributed by atoms with Gasteiger partial charge in [-0.1, -0.05) is 38.1 Å². The molecule has 0 radical (unpaired) electrons. The smallest absolute Gasteiger partial charge is 0.0646 e. The second-order valence-electron chi connectivity index (χ2n) is 5.19. The molecule has 2 aromatic rings. The highest BCUT2D eigenvalue weighted by Gasteiger charge is 2.12. The van der Waals surface area contributed by atoms with E-state index in [1.807, 2.05) is 0 Å². The van der Waals surface area contributed by atoms with Crippen molar-refractivity contribution in [3.05, 3.63) is 56.8 Å². The molecule has 1 nitrogen and oxygen atoms in total. The van der Waals surface area contributed by atoms with E-state index < -0.39 is 0 Å². The van der Waals surface area contributed by atoms with Crippen LogP contribution in [0.3, 0.4) is 0 Å². The molecular formula is C16H21NS. The van der Waals surface area contributed by atoms with Crippen LogP contribution in [-0.4, -0.2) is 0 Å². The highest BCUT2D eigenvalue weighted by molar-refractivity contribution is 7.12. The fourth-order valence-electron chi connectivity index (χ4n) is 2.01. The van der Waals surface area contributed by atoms with Crippen LogP contribution < -0.4 is 5.73 Å². The normalized spacial score (nSPS) is 13.0. The van der Waals surface area contributed by atoms with Crippen LogP contribution in [0, 0.1) is 13.8 Å². The first-order valence-electron chi connectivity index (χ1n) is 6.41. The molecule has 0 bridgehead atoms. The van der Waals surface area contributed by atoms with Crippen LogP contribution in [0.5, 0.6) is 0 Å². The minimum atomic E-state index is 0.00334. The third-order valence-electron chi connectivity index (χ3n) is 3.45. The quantitative estimate of drug-likeness (QED) is 0.860. The van der Waals surface area contributed by atoms with E-state index in [2.05, 4.69) is 58.0 Å². The highest BCUT2D eigenvalue weighted by Crippen LogP contribution is 2.29. The minimum absolute atomic E-state index is 0.00334. The van der Waals surface area contributed by atoms with Gasteiger partial charge in [-0.15, -0.1) is 11.3 Å². The molecule has 0 aliphatic rings. The molecule has 0 spiro atoms. The lowest BCUT2D eigenvalue weighted by Gasteiger charge is -2.12. The molecule has 1 atom stereocenters. The SMILES string of the molecule is Cc1cc(C(N)c2ccc(C(C)C)cc2)sc1C. The molecular weight excluding hydrogens is 238 g/mol. The average molecular weight is 259 g/mol. The molecule has 0 saturated heterocycles. The van der Waals surface area contributed by atoms with Crippen molar-refractivity contribution < 1.29 is 0 Å². The molecule has 0 aliphatic heterocycles. The van der Waals surface area contributed by atoms with Gasteiger partial charge in [0.25, 0.3) is 0 Å². The number of benzene rings is 1. The van der Waals surface area contributed by atoms with E-state index in [1.54, 1.807) is 11.3 Å². The number of aryl methyl sites for hydroxylation is 2. The lowest BCUT2D eigenvalue weighted by atomic mass is 9.99. The van der Waals surface area contributed by atoms with E-state index in [0.29, 0.717) is 5.92 Å². The fraction of sp³-hybridized carbons (Fsp3) is 0.375. The standard InChI is InChI=1S/C16H21NS/c1-10(2)13-5-7-14(8-6-13)16(17)15-9-11(3)12(4)18-15/h5-10,16H,17H2,1-4H3. The Morgan fingerprint density at radius 3 is 2.00 bits per heavy atom. The van der Waals surface area contributed by atoms with Gasteiger partial charge in [0.1, 0.15) is 0 Å². The predicted octanol–water partition coefficient (Wildman–Crippen LogP) is 4.54. The summed E-state index contributed by atoms with van der Waals surface area (Å²) in [6.45, 7) is 8.71. The number of thiophene rings is 1. The van der Waals surface area contributed by atoms with Crippen molar-refractivity contribution in [3.63, 3.8) is 0 Å². The molecule has 18 heavy (non-hydrogen) atoms. The summed E-state index contributed by atoms with van der Waals surface area (Å²) >= 11 is 1.80. The van der Waals surface area contributed by atoms with Crippen LogP contribution in [0.2, 0.25) is 0 Å². The maximum Gasteiger partial charge on any atom is 0.0646 e. The molecule has 0 saturated carbocycles. The third kappa shape index (κ3) is 2.65. The lowest BCUT2D eigenvalue weighted by molar-refractivity contribution is 0.854. The number of hydrogen-bond donors (Lipinski definition) is 1. The average Bonchev–Trinajstić information content (AvgIpc) is 2.69. The second-order valence-corrected chi connectivity index (χ2v) is 6.47. The van der Waals surface area contributed by atoms with E-state index >= 15 is 0 Å². The first-order chi connectivity index (χ1) is 8.49. The summed E-state index contributed by atoms with van der Waals surface area (Å²) in [6, 6.07) is 10.9. The maximum absolute atomic E-state index is 6.34. The van der Waals surface area contributed by atoms with Crippen LogP contribution >= 0.6 is 11.3 Å². The summed E-state index contributed by atoms with van der Waals surface area (Å²) in [5.41, 5.74) is 10.2. The molecule has 2 rings (SSSR count). The van der Waals surface area contributed by atoms with Gasteiger partial charge >= 0.3 is 0 Å². The number of rotatable bonds is 3. The summed E-state index contributed by atoms with van der Waals surface area (Å²) in [6.07, 6.45) is 0. The first-order valence-corrected chi connectivity index (χ1v) is 7.23. The zero-order valence-electron chi connectivity index (χ0n) is 11.5. The van der Waals surface area contributed by atoms with Crippen LogP contribution in [0.25, 0.3) is 0 Å². The van der Waals surface area contributed by atoms with Crippen LogP contribution in [-0.2, 0) is 0 Å². The molecule has 0 aliphatic carbocycles. The Balaban J connectivity index is 2.25. The van der Waals surface area contributed by atoms with Gasteiger partial charge in [-0.05, 0) is 42.5 Å². The van der Waals surface area contributed by atoms with Gasteiger partial charge in [0.05, 0.1) is 6.04 Å². The van der Waals surface area contributed by atoms with Gasteiger partial charge < -0.3 is 5.73 Å². The van der Waals surface area contributed by atoms with E-state index in [-0.39, 0.29) is 6.04 Å². The van der Waals surface area contributed by atoms with Crippen molar-refractivity contribution >= 4 is 11.3 Å². The summed E-state index contributed by atoms with van der Waals surface area (Å²) in [5, 5.41) is 0. The summed E-state index contributed by atoms with van der Waals surface area (Å²) in [5.74, 6) is 0.571. The van der Waals surface area contributed by atoms with Crippen molar-refractivity contribution in [2.24, 2.45) is 5.73 Å². The maximum atomic E-state index is 6.34. The predicted molar refractivity (Wildman–Crippen MR) is 80.4 cm³/mol. The van der Waals surface area contributed by atoms with Gasteiger partial charge in [0.15, 0.2) is 0 Å². The van der Waals surface area contributed by atoms with Crippen LogP contribution in [0.15, 0.2) is 30.3 Å². The van der Waals surface area contributed by atoms with Crippen molar-refractivity contribution in [3.8, 4) is 0 Å². The fourth-order valence-corrected chi connectivity index (χ4v) is 3.08. The number of nitrogens with two attached hydrogens (primary N) is 1. The Labute approximate surface area is 114 Å². The first kappa shape index (κ1) is 13.3. The second kappa shape index (κ2) is 5.25. The Morgan fingerprint density at radius 2 is 1.56 bits per heavy atom. The highest BCUT2D eigenvalue weighted by atomic mass is 32.1. The third-order valence-corrected chi connectivity index (χ3v) is 4.69. The van der Waals surface area contributed by atoms with Gasteiger partial charge in [0, 0.05) is 9.75 Å². The van der Waals surface area contributed by atoms with Crippen molar-refractivity contribution in [2.45, 2.75) is 39.7 Å². The molecule has 1 unspecified atom stereocenters. The lowest BCUT2D eigenvalue weighted by Crippen LogP contribution is -2.10. The van der Waals surface area contributed by atoms with E-state index in [1.165, 1.54) is 26.4 Å². The molecule has 1 heterocycles. The Hall–Kier alpha value is -1.12. The molecule has 96 valence electrons. The molecule has 2 N–H and O–H groups in total. The summed E-state index contributed by atoms with van der Waals surface area (Å²) < 4.78 is 0. The molecule has 1 aromatic heterocycles. The van der Waals surface area contributed by atoms with E-state index in [4.69, 9.17) is 5.73 Å². The topological polar surface area (TPSA) is 26.0 Å². The molecule has 2 heteroatoms. The van der Waals surface area contributed by atoms with Crippen molar-refractivity contribution in [1.29, 1.82) is 0 Å². The van der Waals surface area contributed by atoms with Crippen molar-refractivity contribution in [1.82, 2.24) is 0 Å². The van der Waals surface area contributed by atoms with Crippen LogP contribution in [0.4, 0.5) is 0 Å². The molecule has 0 fully saturated rings. The number of hydrogen-bond acceptors (Lipinski definition) is 2. The minimum Gasteiger partial charge on any atom is -0.320 e. The zero-order valence-corrected chi connectivity index (χ0v) is 12.3. The Morgan fingerprint density at radius 1 is 1.00 bits per heavy atom. The largest absolute Gasteiger partial charge is 0.320 e. The van der Waals surface area contributed by atoms with Crippen molar-refractivity contribution in [2.75, 3.05) is 0 Å². The summed E-state index contributed by atoms with van der Waals surface area (Å²) in [7, 11) is 0.